The summed E-state index contributed by atoms with van der Waals surface area (Å²) in [7, 11) is 0. The Labute approximate surface area is 199 Å². The topological polar surface area (TPSA) is 48.6 Å². The van der Waals surface area contributed by atoms with Crippen molar-refractivity contribution >= 4 is 17.6 Å². The van der Waals surface area contributed by atoms with Gasteiger partial charge in [0.05, 0.1) is 11.7 Å². The number of anilines is 2. The molecular formula is C30H23N3O. The van der Waals surface area contributed by atoms with Crippen molar-refractivity contribution in [2.24, 2.45) is 4.99 Å². The van der Waals surface area contributed by atoms with Gasteiger partial charge in [-0.2, -0.15) is 5.26 Å². The van der Waals surface area contributed by atoms with E-state index < -0.39 is 0 Å². The summed E-state index contributed by atoms with van der Waals surface area (Å²) in [6, 6.07) is 27.8. The largest absolute Gasteiger partial charge is 0.482 e. The van der Waals surface area contributed by atoms with E-state index in [2.05, 4.69) is 101 Å². The van der Waals surface area contributed by atoms with Crippen LogP contribution in [0.15, 0.2) is 114 Å². The highest BCUT2D eigenvalue weighted by atomic mass is 16.5. The quantitative estimate of drug-likeness (QED) is 0.454. The average Bonchev–Trinajstić information content (AvgIpc) is 2.92. The van der Waals surface area contributed by atoms with Crippen LogP contribution in [0.2, 0.25) is 0 Å². The molecule has 1 aliphatic carbocycles. The monoisotopic (exact) mass is 441 g/mol. The summed E-state index contributed by atoms with van der Waals surface area (Å²) < 4.78 is 6.28. The number of allylic oxidation sites excluding steroid dienone is 4. The molecule has 4 heteroatoms. The highest BCUT2D eigenvalue weighted by Crippen LogP contribution is 2.43. The van der Waals surface area contributed by atoms with E-state index in [0.717, 1.165) is 34.7 Å². The van der Waals surface area contributed by atoms with Crippen LogP contribution >= 0.6 is 0 Å². The molecule has 0 amide bonds. The van der Waals surface area contributed by atoms with Gasteiger partial charge in [-0.15, -0.1) is 0 Å². The number of hydrogen-bond donors (Lipinski definition) is 0. The molecule has 0 N–H and O–H groups in total. The Morgan fingerprint density at radius 1 is 0.912 bits per heavy atom. The first kappa shape index (κ1) is 20.3. The average molecular weight is 442 g/mol. The van der Waals surface area contributed by atoms with Gasteiger partial charge in [-0.1, -0.05) is 66.8 Å². The van der Waals surface area contributed by atoms with Crippen LogP contribution in [0.25, 0.3) is 11.1 Å². The number of hydrogen-bond acceptors (Lipinski definition) is 4. The molecule has 0 radical (unpaired) electrons. The van der Waals surface area contributed by atoms with E-state index >= 15 is 0 Å². The van der Waals surface area contributed by atoms with Gasteiger partial charge < -0.3 is 9.64 Å². The highest BCUT2D eigenvalue weighted by molar-refractivity contribution is 5.77. The number of rotatable bonds is 3. The van der Waals surface area contributed by atoms with Gasteiger partial charge in [0.1, 0.15) is 23.6 Å². The third-order valence-corrected chi connectivity index (χ3v) is 6.58. The summed E-state index contributed by atoms with van der Waals surface area (Å²) in [5.74, 6) is 1.07. The minimum absolute atomic E-state index is 0.0269. The number of nitriles is 1. The number of nitrogens with zero attached hydrogens (tertiary/aromatic N) is 3. The first-order valence-corrected chi connectivity index (χ1v) is 11.5. The molecule has 0 spiro atoms. The van der Waals surface area contributed by atoms with Crippen LogP contribution in [-0.2, 0) is 0 Å². The zero-order chi connectivity index (χ0) is 22.9. The fourth-order valence-electron chi connectivity index (χ4n) is 4.94. The van der Waals surface area contributed by atoms with Crippen molar-refractivity contribution in [1.82, 2.24) is 0 Å². The molecule has 3 aliphatic rings. The van der Waals surface area contributed by atoms with Crippen LogP contribution in [0.4, 0.5) is 11.4 Å². The molecule has 164 valence electrons. The van der Waals surface area contributed by atoms with E-state index in [-0.39, 0.29) is 18.1 Å². The zero-order valence-corrected chi connectivity index (χ0v) is 18.6. The van der Waals surface area contributed by atoms with E-state index in [1.807, 2.05) is 24.4 Å². The molecule has 3 aromatic rings. The maximum atomic E-state index is 9.24. The van der Waals surface area contributed by atoms with Gasteiger partial charge in [0.2, 0.25) is 0 Å². The summed E-state index contributed by atoms with van der Waals surface area (Å²) in [5.41, 5.74) is 6.20. The summed E-state index contributed by atoms with van der Waals surface area (Å²) in [6.45, 7) is 0. The first-order chi connectivity index (χ1) is 16.8. The fraction of sp³-hybridized carbons (Fsp3) is 0.133. The van der Waals surface area contributed by atoms with E-state index in [0.29, 0.717) is 5.70 Å². The number of para-hydroxylation sites is 2. The van der Waals surface area contributed by atoms with Crippen LogP contribution < -0.4 is 9.64 Å². The van der Waals surface area contributed by atoms with E-state index in [9.17, 15) is 5.26 Å². The van der Waals surface area contributed by atoms with Gasteiger partial charge >= 0.3 is 0 Å². The third-order valence-electron chi connectivity index (χ3n) is 6.58. The summed E-state index contributed by atoms with van der Waals surface area (Å²) >= 11 is 0. The molecule has 2 aliphatic heterocycles. The fourth-order valence-corrected chi connectivity index (χ4v) is 4.94. The maximum Gasteiger partial charge on any atom is 0.144 e. The maximum absolute atomic E-state index is 9.24. The lowest BCUT2D eigenvalue weighted by Gasteiger charge is -2.42. The molecule has 0 saturated carbocycles. The Balaban J connectivity index is 1.39. The Morgan fingerprint density at radius 2 is 1.74 bits per heavy atom. The van der Waals surface area contributed by atoms with Crippen molar-refractivity contribution in [1.29, 1.82) is 5.26 Å². The Kier molecular flexibility index (Phi) is 5.08. The lowest BCUT2D eigenvalue weighted by molar-refractivity contribution is 0.218. The van der Waals surface area contributed by atoms with Crippen LogP contribution in [0.1, 0.15) is 17.9 Å². The molecule has 3 aromatic carbocycles. The number of aliphatic imine (C=N–C) groups is 1. The van der Waals surface area contributed by atoms with Crippen molar-refractivity contribution in [3.63, 3.8) is 0 Å². The molecule has 4 nitrogen and oxygen atoms in total. The number of fused-ring (bicyclic) bond motifs is 2. The first-order valence-electron chi connectivity index (χ1n) is 11.5. The second-order valence-corrected chi connectivity index (χ2v) is 8.67. The van der Waals surface area contributed by atoms with Gasteiger partial charge in [0.25, 0.3) is 0 Å². The van der Waals surface area contributed by atoms with Gasteiger partial charge in [-0.3, -0.25) is 4.99 Å². The molecule has 0 saturated heterocycles. The number of benzene rings is 3. The number of ether oxygens (including phenoxy) is 1. The Bertz CT molecular complexity index is 1410. The van der Waals surface area contributed by atoms with Crippen molar-refractivity contribution in [2.75, 3.05) is 4.90 Å². The minimum atomic E-state index is -0.0269. The van der Waals surface area contributed by atoms with Crippen molar-refractivity contribution in [3.8, 4) is 22.9 Å². The van der Waals surface area contributed by atoms with Gasteiger partial charge in [0.15, 0.2) is 0 Å². The molecule has 6 rings (SSSR count). The molecule has 2 unspecified atom stereocenters. The van der Waals surface area contributed by atoms with E-state index in [1.54, 1.807) is 0 Å². The molecule has 2 heterocycles. The molecule has 34 heavy (non-hydrogen) atoms. The normalized spacial score (nSPS) is 22.3. The molecule has 0 bridgehead atoms. The van der Waals surface area contributed by atoms with Crippen LogP contribution in [0.5, 0.6) is 5.75 Å². The predicted octanol–water partition coefficient (Wildman–Crippen LogP) is 6.71. The molecule has 3 atom stereocenters. The van der Waals surface area contributed by atoms with Crippen molar-refractivity contribution < 1.29 is 4.74 Å². The van der Waals surface area contributed by atoms with Gasteiger partial charge in [-0.05, 0) is 59.5 Å². The SMILES string of the molecule is N#CC1=CC(c2cccc(-c3cccc(N4c5ccccc5O[C@H]5C=CC=CC54)c3)c2)CC=N1. The molecule has 0 fully saturated rings. The molecule has 0 aromatic heterocycles. The van der Waals surface area contributed by atoms with E-state index in [1.165, 1.54) is 5.56 Å². The minimum Gasteiger partial charge on any atom is -0.482 e. The smallest absolute Gasteiger partial charge is 0.144 e. The third kappa shape index (κ3) is 3.62. The lowest BCUT2D eigenvalue weighted by atomic mass is 9.91. The molecular weight excluding hydrogens is 418 g/mol. The summed E-state index contributed by atoms with van der Waals surface area (Å²) in [4.78, 5) is 6.54. The van der Waals surface area contributed by atoms with Gasteiger partial charge in [0, 0.05) is 17.8 Å². The zero-order valence-electron chi connectivity index (χ0n) is 18.6. The predicted molar refractivity (Wildman–Crippen MR) is 136 cm³/mol. The lowest BCUT2D eigenvalue weighted by Crippen LogP contribution is -2.46. The second kappa shape index (κ2) is 8.53. The van der Waals surface area contributed by atoms with E-state index in [4.69, 9.17) is 4.74 Å². The standard InChI is InChI=1S/C30H23N3O/c31-20-25-18-24(15-16-32-25)22-8-5-7-21(17-22)23-9-6-10-26(19-23)33-27-11-1-3-13-29(27)34-30-14-4-2-12-28(30)33/h1-14,16-19,24,27,29H,15H2/t24?,27?,29-/m0/s1. The Morgan fingerprint density at radius 3 is 2.65 bits per heavy atom. The van der Waals surface area contributed by atoms with Crippen molar-refractivity contribution in [2.45, 2.75) is 24.5 Å². The van der Waals surface area contributed by atoms with Crippen LogP contribution in [0.3, 0.4) is 0 Å². The highest BCUT2D eigenvalue weighted by Gasteiger charge is 2.34. The second-order valence-electron chi connectivity index (χ2n) is 8.67. The van der Waals surface area contributed by atoms with Crippen LogP contribution in [-0.4, -0.2) is 18.4 Å². The van der Waals surface area contributed by atoms with Gasteiger partial charge in [-0.25, -0.2) is 0 Å². The van der Waals surface area contributed by atoms with Crippen molar-refractivity contribution in [3.05, 3.63) is 114 Å². The Hall–Kier alpha value is -4.36. The summed E-state index contributed by atoms with van der Waals surface area (Å²) in [6.07, 6.45) is 13.1. The summed E-state index contributed by atoms with van der Waals surface area (Å²) in [5, 5.41) is 9.24. The van der Waals surface area contributed by atoms with Crippen LogP contribution in [0, 0.1) is 11.3 Å².